The summed E-state index contributed by atoms with van der Waals surface area (Å²) in [6.45, 7) is 3.38. The average molecular weight is 344 g/mol. The zero-order valence-electron chi connectivity index (χ0n) is 15.8. The maximum Gasteiger partial charge on any atom is 0.217 e. The van der Waals surface area contributed by atoms with Gasteiger partial charge in [-0.1, -0.05) is 77.2 Å². The van der Waals surface area contributed by atoms with Gasteiger partial charge in [0.2, 0.25) is 5.91 Å². The molecule has 0 radical (unpaired) electrons. The van der Waals surface area contributed by atoms with Gasteiger partial charge in [-0.2, -0.15) is 0 Å². The number of hydrogen-bond acceptors (Lipinski definition) is 2. The highest BCUT2D eigenvalue weighted by Gasteiger charge is 2.10. The smallest absolute Gasteiger partial charge is 0.217 e. The molecule has 0 aromatic rings. The summed E-state index contributed by atoms with van der Waals surface area (Å²) in [5, 5.41) is 11.6. The number of nitrogens with one attached hydrogen (secondary N) is 1. The lowest BCUT2D eigenvalue weighted by atomic mass is 10.0. The van der Waals surface area contributed by atoms with E-state index < -0.39 is 6.04 Å². The van der Waals surface area contributed by atoms with Crippen LogP contribution in [0, 0.1) is 0 Å². The highest BCUT2D eigenvalue weighted by molar-refractivity contribution is 5.73. The fourth-order valence-corrected chi connectivity index (χ4v) is 2.83. The second-order valence-electron chi connectivity index (χ2n) is 6.76. The van der Waals surface area contributed by atoms with Gasteiger partial charge in [-0.05, 0) is 12.8 Å². The van der Waals surface area contributed by atoms with Gasteiger partial charge in [0.25, 0.3) is 0 Å². The molecule has 142 valence electrons. The number of allylic oxidation sites excluding steroid dienone is 1. The maximum atomic E-state index is 13.7. The Labute approximate surface area is 148 Å². The van der Waals surface area contributed by atoms with Gasteiger partial charge < -0.3 is 10.4 Å². The minimum atomic E-state index is -0.518. The van der Waals surface area contributed by atoms with E-state index in [1.807, 2.05) is 0 Å². The van der Waals surface area contributed by atoms with E-state index in [-0.39, 0.29) is 24.8 Å². The third-order valence-electron chi connectivity index (χ3n) is 4.24. The Morgan fingerprint density at radius 2 is 1.50 bits per heavy atom. The van der Waals surface area contributed by atoms with Crippen LogP contribution in [0.2, 0.25) is 0 Å². The van der Waals surface area contributed by atoms with Gasteiger partial charge in [0, 0.05) is 13.3 Å². The fourth-order valence-electron chi connectivity index (χ4n) is 2.83. The number of carbonyl (C=O) groups is 1. The summed E-state index contributed by atoms with van der Waals surface area (Å²) < 4.78 is 13.7. The van der Waals surface area contributed by atoms with E-state index in [1.54, 1.807) is 6.08 Å². The predicted molar refractivity (Wildman–Crippen MR) is 99.6 cm³/mol. The van der Waals surface area contributed by atoms with E-state index in [0.717, 1.165) is 19.3 Å². The summed E-state index contributed by atoms with van der Waals surface area (Å²) in [5.41, 5.74) is 0. The zero-order valence-corrected chi connectivity index (χ0v) is 15.8. The monoisotopic (exact) mass is 343 g/mol. The van der Waals surface area contributed by atoms with Gasteiger partial charge in [-0.3, -0.25) is 4.79 Å². The van der Waals surface area contributed by atoms with E-state index in [9.17, 15) is 9.18 Å². The number of unbranched alkanes of at least 4 members (excludes halogenated alkanes) is 11. The van der Waals surface area contributed by atoms with E-state index in [4.69, 9.17) is 5.11 Å². The minimum absolute atomic E-state index is 0.0775. The number of halogens is 1. The maximum absolute atomic E-state index is 13.7. The van der Waals surface area contributed by atoms with Crippen molar-refractivity contribution in [3.05, 3.63) is 11.9 Å². The molecule has 1 unspecified atom stereocenters. The van der Waals surface area contributed by atoms with E-state index in [0.29, 0.717) is 0 Å². The summed E-state index contributed by atoms with van der Waals surface area (Å²) in [5.74, 6) is -0.484. The molecule has 0 aliphatic rings. The van der Waals surface area contributed by atoms with Crippen LogP contribution in [0.5, 0.6) is 0 Å². The number of carbonyl (C=O) groups excluding carboxylic acids is 1. The molecule has 0 aliphatic carbocycles. The van der Waals surface area contributed by atoms with Gasteiger partial charge in [0.1, 0.15) is 0 Å². The van der Waals surface area contributed by atoms with Gasteiger partial charge in [-0.25, -0.2) is 4.39 Å². The first-order chi connectivity index (χ1) is 11.6. The molecular weight excluding hydrogens is 305 g/mol. The zero-order chi connectivity index (χ0) is 18.0. The fraction of sp³-hybridized carbons (Fsp3) is 0.850. The lowest BCUT2D eigenvalue weighted by molar-refractivity contribution is -0.119. The molecule has 24 heavy (non-hydrogen) atoms. The lowest BCUT2D eigenvalue weighted by Crippen LogP contribution is -2.35. The molecule has 0 fully saturated rings. The third kappa shape index (κ3) is 16.0. The van der Waals surface area contributed by atoms with Crippen molar-refractivity contribution in [3.63, 3.8) is 0 Å². The van der Waals surface area contributed by atoms with Crippen molar-refractivity contribution in [2.75, 3.05) is 6.61 Å². The Morgan fingerprint density at radius 3 is 1.96 bits per heavy atom. The van der Waals surface area contributed by atoms with Crippen LogP contribution in [0.15, 0.2) is 11.9 Å². The first-order valence-corrected chi connectivity index (χ1v) is 9.82. The summed E-state index contributed by atoms with van der Waals surface area (Å²) >= 11 is 0. The molecule has 0 heterocycles. The van der Waals surface area contributed by atoms with Crippen LogP contribution < -0.4 is 5.32 Å². The Balaban J connectivity index is 3.48. The van der Waals surface area contributed by atoms with Crippen LogP contribution in [0.4, 0.5) is 4.39 Å². The van der Waals surface area contributed by atoms with Crippen LogP contribution in [-0.2, 0) is 4.79 Å². The van der Waals surface area contributed by atoms with Crippen LogP contribution in [0.25, 0.3) is 0 Å². The van der Waals surface area contributed by atoms with Crippen LogP contribution in [-0.4, -0.2) is 23.7 Å². The molecule has 4 heteroatoms. The largest absolute Gasteiger partial charge is 0.394 e. The summed E-state index contributed by atoms with van der Waals surface area (Å²) in [6.07, 6.45) is 16.6. The second-order valence-corrected chi connectivity index (χ2v) is 6.76. The van der Waals surface area contributed by atoms with Crippen LogP contribution >= 0.6 is 0 Å². The van der Waals surface area contributed by atoms with E-state index in [2.05, 4.69) is 12.2 Å². The van der Waals surface area contributed by atoms with Gasteiger partial charge in [0.05, 0.1) is 18.5 Å². The Hall–Kier alpha value is -0.900. The summed E-state index contributed by atoms with van der Waals surface area (Å²) in [4.78, 5) is 10.9. The number of aliphatic hydroxyl groups is 1. The average Bonchev–Trinajstić information content (AvgIpc) is 2.54. The first kappa shape index (κ1) is 23.1. The highest BCUT2D eigenvalue weighted by atomic mass is 19.1. The van der Waals surface area contributed by atoms with Crippen LogP contribution in [0.3, 0.4) is 0 Å². The SMILES string of the molecule is CCCCCCCCCCCCCC=C(F)CC(CO)NC(C)=O. The molecule has 1 atom stereocenters. The molecule has 0 rings (SSSR count). The van der Waals surface area contributed by atoms with Crippen molar-refractivity contribution >= 4 is 5.91 Å². The molecule has 0 aromatic carbocycles. The van der Waals surface area contributed by atoms with Gasteiger partial charge >= 0.3 is 0 Å². The lowest BCUT2D eigenvalue weighted by Gasteiger charge is -2.13. The first-order valence-electron chi connectivity index (χ1n) is 9.82. The molecule has 0 bridgehead atoms. The normalized spacial score (nSPS) is 13.1. The van der Waals surface area contributed by atoms with Crippen LogP contribution in [0.1, 0.15) is 97.3 Å². The highest BCUT2D eigenvalue weighted by Crippen LogP contribution is 2.14. The molecule has 0 spiro atoms. The van der Waals surface area contributed by atoms with Crippen molar-refractivity contribution < 1.29 is 14.3 Å². The third-order valence-corrected chi connectivity index (χ3v) is 4.24. The molecule has 0 aromatic heterocycles. The molecule has 1 amide bonds. The second kappa shape index (κ2) is 16.9. The van der Waals surface area contributed by atoms with Crippen molar-refractivity contribution in [2.24, 2.45) is 0 Å². The number of amides is 1. The Bertz CT molecular complexity index is 332. The van der Waals surface area contributed by atoms with E-state index in [1.165, 1.54) is 64.7 Å². The molecule has 0 aliphatic heterocycles. The number of rotatable bonds is 16. The Kier molecular flexibility index (Phi) is 16.3. The van der Waals surface area contributed by atoms with Gasteiger partial charge in [-0.15, -0.1) is 0 Å². The molecule has 0 saturated carbocycles. The quantitative estimate of drug-likeness (QED) is 0.367. The summed E-state index contributed by atoms with van der Waals surface area (Å²) in [7, 11) is 0. The molecule has 0 saturated heterocycles. The summed E-state index contributed by atoms with van der Waals surface area (Å²) in [6, 6.07) is -0.518. The van der Waals surface area contributed by atoms with Crippen molar-refractivity contribution in [2.45, 2.75) is 103 Å². The van der Waals surface area contributed by atoms with E-state index >= 15 is 0 Å². The Morgan fingerprint density at radius 1 is 1.00 bits per heavy atom. The van der Waals surface area contributed by atoms with Crippen molar-refractivity contribution in [1.29, 1.82) is 0 Å². The predicted octanol–water partition coefficient (Wildman–Crippen LogP) is 5.43. The van der Waals surface area contributed by atoms with Crippen molar-refractivity contribution in [3.8, 4) is 0 Å². The topological polar surface area (TPSA) is 49.3 Å². The molecule has 2 N–H and O–H groups in total. The number of hydrogen-bond donors (Lipinski definition) is 2. The minimum Gasteiger partial charge on any atom is -0.394 e. The van der Waals surface area contributed by atoms with Gasteiger partial charge in [0.15, 0.2) is 0 Å². The molecular formula is C20H38FNO2. The van der Waals surface area contributed by atoms with Crippen molar-refractivity contribution in [1.82, 2.24) is 5.32 Å². The number of aliphatic hydroxyl groups excluding tert-OH is 1. The molecule has 3 nitrogen and oxygen atoms in total. The standard InChI is InChI=1S/C20H38FNO2/c1-3-4-5-6-7-8-9-10-11-12-13-14-15-19(21)16-20(17-23)22-18(2)24/h15,20,23H,3-14,16-17H2,1-2H3,(H,22,24).